The monoisotopic (exact) mass is 556 g/mol. The Morgan fingerprint density at radius 2 is 1.82 bits per heavy atom. The lowest BCUT2D eigenvalue weighted by atomic mass is 10.0. The van der Waals surface area contributed by atoms with Crippen LogP contribution in [0.25, 0.3) is 6.08 Å². The molecule has 0 saturated carbocycles. The molecule has 206 valence electrons. The Kier molecular flexibility index (Phi) is 9.45. The molecule has 0 spiro atoms. The molecule has 3 amide bonds. The number of hydrogen-bond donors (Lipinski definition) is 1. The first-order valence-corrected chi connectivity index (χ1v) is 13.8. The number of benzene rings is 3. The fraction of sp³-hybridized carbons (Fsp3) is 0.219. The number of nitrogens with zero attached hydrogens (tertiary/aromatic N) is 1. The van der Waals surface area contributed by atoms with E-state index < -0.39 is 17.1 Å². The number of rotatable bonds is 11. The molecule has 0 aliphatic carbocycles. The number of anilines is 1. The number of carbonyl (C=O) groups excluding carboxylic acids is 3. The molecule has 0 radical (unpaired) electrons. The first kappa shape index (κ1) is 28.7. The van der Waals surface area contributed by atoms with E-state index in [1.807, 2.05) is 69.3 Å². The standard InChI is InChI=1S/C32H32N2O5S/c1-5-11-25-16-24(17-27(38-6-2)30(25)39-20-23-13-8-7-9-14-23)18-28-31(36)34(32(37)40-28)19-29(35)33-26-15-10-12-21(3)22(26)4/h5,7-10,12-18H,1,6,11,19-20H2,2-4H3,(H,33,35)/b28-18-. The number of amides is 3. The van der Waals surface area contributed by atoms with Crippen molar-refractivity contribution in [3.05, 3.63) is 106 Å². The number of hydrogen-bond acceptors (Lipinski definition) is 6. The zero-order chi connectivity index (χ0) is 28.6. The normalized spacial score (nSPS) is 14.0. The van der Waals surface area contributed by atoms with E-state index in [2.05, 4.69) is 11.9 Å². The van der Waals surface area contributed by atoms with Crippen LogP contribution in [0.5, 0.6) is 11.5 Å². The van der Waals surface area contributed by atoms with Crippen molar-refractivity contribution in [3.63, 3.8) is 0 Å². The summed E-state index contributed by atoms with van der Waals surface area (Å²) in [6.07, 6.45) is 3.93. The second-order valence-electron chi connectivity index (χ2n) is 9.27. The molecule has 7 nitrogen and oxygen atoms in total. The fourth-order valence-corrected chi connectivity index (χ4v) is 5.08. The minimum absolute atomic E-state index is 0.231. The highest BCUT2D eigenvalue weighted by molar-refractivity contribution is 8.18. The molecule has 1 aliphatic rings. The van der Waals surface area contributed by atoms with E-state index in [-0.39, 0.29) is 11.4 Å². The Morgan fingerprint density at radius 1 is 1.05 bits per heavy atom. The quantitative estimate of drug-likeness (QED) is 0.209. The van der Waals surface area contributed by atoms with Crippen LogP contribution in [0.15, 0.2) is 78.2 Å². The van der Waals surface area contributed by atoms with Crippen molar-refractivity contribution in [2.24, 2.45) is 0 Å². The summed E-state index contributed by atoms with van der Waals surface area (Å²) in [5, 5.41) is 2.31. The topological polar surface area (TPSA) is 84.9 Å². The summed E-state index contributed by atoms with van der Waals surface area (Å²) in [6.45, 7) is 10.0. The van der Waals surface area contributed by atoms with E-state index in [0.29, 0.717) is 42.4 Å². The third-order valence-corrected chi connectivity index (χ3v) is 7.30. The third-order valence-electron chi connectivity index (χ3n) is 6.40. The molecule has 40 heavy (non-hydrogen) atoms. The van der Waals surface area contributed by atoms with Crippen molar-refractivity contribution in [2.75, 3.05) is 18.5 Å². The van der Waals surface area contributed by atoms with Gasteiger partial charge >= 0.3 is 0 Å². The lowest BCUT2D eigenvalue weighted by molar-refractivity contribution is -0.127. The van der Waals surface area contributed by atoms with Crippen molar-refractivity contribution >= 4 is 40.6 Å². The van der Waals surface area contributed by atoms with Gasteiger partial charge in [0.25, 0.3) is 11.1 Å². The molecule has 1 fully saturated rings. The summed E-state index contributed by atoms with van der Waals surface area (Å²) in [6, 6.07) is 19.1. The predicted molar refractivity (Wildman–Crippen MR) is 160 cm³/mol. The molecule has 1 aliphatic heterocycles. The minimum Gasteiger partial charge on any atom is -0.490 e. The van der Waals surface area contributed by atoms with E-state index >= 15 is 0 Å². The molecular weight excluding hydrogens is 524 g/mol. The van der Waals surface area contributed by atoms with Crippen LogP contribution >= 0.6 is 11.8 Å². The summed E-state index contributed by atoms with van der Waals surface area (Å²) in [4.78, 5) is 39.7. The van der Waals surface area contributed by atoms with Crippen molar-refractivity contribution in [1.29, 1.82) is 0 Å². The van der Waals surface area contributed by atoms with Gasteiger partial charge in [-0.1, -0.05) is 48.5 Å². The van der Waals surface area contributed by atoms with Crippen LogP contribution in [0.4, 0.5) is 10.5 Å². The van der Waals surface area contributed by atoms with Crippen LogP contribution in [0.1, 0.15) is 34.7 Å². The van der Waals surface area contributed by atoms with Gasteiger partial charge in [0.1, 0.15) is 13.2 Å². The van der Waals surface area contributed by atoms with Crippen LogP contribution < -0.4 is 14.8 Å². The van der Waals surface area contributed by atoms with Crippen molar-refractivity contribution in [2.45, 2.75) is 33.8 Å². The lowest BCUT2D eigenvalue weighted by Crippen LogP contribution is -2.36. The molecule has 4 rings (SSSR count). The van der Waals surface area contributed by atoms with Crippen LogP contribution in [0.3, 0.4) is 0 Å². The zero-order valence-electron chi connectivity index (χ0n) is 22.9. The highest BCUT2D eigenvalue weighted by Crippen LogP contribution is 2.38. The largest absolute Gasteiger partial charge is 0.490 e. The number of carbonyl (C=O) groups is 3. The second-order valence-corrected chi connectivity index (χ2v) is 10.3. The molecule has 0 aromatic heterocycles. The van der Waals surface area contributed by atoms with Gasteiger partial charge in [0, 0.05) is 11.3 Å². The Hall–Kier alpha value is -4.30. The molecule has 1 N–H and O–H groups in total. The van der Waals surface area contributed by atoms with Crippen molar-refractivity contribution < 1.29 is 23.9 Å². The molecule has 3 aromatic carbocycles. The van der Waals surface area contributed by atoms with Crippen LogP contribution in [-0.2, 0) is 22.6 Å². The van der Waals surface area contributed by atoms with E-state index in [0.717, 1.165) is 38.9 Å². The highest BCUT2D eigenvalue weighted by Gasteiger charge is 2.36. The molecule has 0 unspecified atom stereocenters. The predicted octanol–water partition coefficient (Wildman–Crippen LogP) is 6.68. The molecule has 8 heteroatoms. The Bertz CT molecular complexity index is 1470. The first-order chi connectivity index (χ1) is 19.3. The number of imide groups is 1. The van der Waals surface area contributed by atoms with Gasteiger partial charge in [-0.3, -0.25) is 19.3 Å². The summed E-state index contributed by atoms with van der Waals surface area (Å²) >= 11 is 0.807. The number of nitrogens with one attached hydrogen (secondary N) is 1. The van der Waals surface area contributed by atoms with Crippen LogP contribution in [0.2, 0.25) is 0 Å². The summed E-state index contributed by atoms with van der Waals surface area (Å²) in [5.41, 5.74) is 5.16. The van der Waals surface area contributed by atoms with Gasteiger partial charge in [0.05, 0.1) is 11.5 Å². The van der Waals surface area contributed by atoms with Gasteiger partial charge in [0.15, 0.2) is 11.5 Å². The van der Waals surface area contributed by atoms with E-state index in [4.69, 9.17) is 9.47 Å². The number of allylic oxidation sites excluding steroid dienone is 1. The Balaban J connectivity index is 1.55. The summed E-state index contributed by atoms with van der Waals surface area (Å²) in [7, 11) is 0. The highest BCUT2D eigenvalue weighted by atomic mass is 32.2. The Labute approximate surface area is 238 Å². The maximum atomic E-state index is 13.1. The molecule has 1 saturated heterocycles. The van der Waals surface area contributed by atoms with Gasteiger partial charge in [-0.15, -0.1) is 6.58 Å². The molecule has 3 aromatic rings. The second kappa shape index (κ2) is 13.2. The Morgan fingerprint density at radius 3 is 2.55 bits per heavy atom. The average Bonchev–Trinajstić information content (AvgIpc) is 3.19. The zero-order valence-corrected chi connectivity index (χ0v) is 23.7. The molecule has 0 atom stereocenters. The number of ether oxygens (including phenoxy) is 2. The molecule has 0 bridgehead atoms. The smallest absolute Gasteiger partial charge is 0.294 e. The fourth-order valence-electron chi connectivity index (χ4n) is 4.24. The average molecular weight is 557 g/mol. The number of aryl methyl sites for hydroxylation is 1. The van der Waals surface area contributed by atoms with Gasteiger partial charge in [0.2, 0.25) is 5.91 Å². The third kappa shape index (κ3) is 6.82. The maximum Gasteiger partial charge on any atom is 0.294 e. The van der Waals surface area contributed by atoms with Crippen LogP contribution in [0, 0.1) is 13.8 Å². The van der Waals surface area contributed by atoms with E-state index in [1.165, 1.54) is 0 Å². The molecular formula is C32H32N2O5S. The van der Waals surface area contributed by atoms with E-state index in [9.17, 15) is 14.4 Å². The van der Waals surface area contributed by atoms with Gasteiger partial charge in [-0.25, -0.2) is 0 Å². The van der Waals surface area contributed by atoms with Crippen molar-refractivity contribution in [1.82, 2.24) is 4.90 Å². The number of thioether (sulfide) groups is 1. The van der Waals surface area contributed by atoms with Gasteiger partial charge in [-0.05, 0) is 85.5 Å². The lowest BCUT2D eigenvalue weighted by Gasteiger charge is -2.17. The first-order valence-electron chi connectivity index (χ1n) is 13.0. The summed E-state index contributed by atoms with van der Waals surface area (Å²) < 4.78 is 12.1. The van der Waals surface area contributed by atoms with Crippen molar-refractivity contribution in [3.8, 4) is 11.5 Å². The van der Waals surface area contributed by atoms with Gasteiger partial charge < -0.3 is 14.8 Å². The SMILES string of the molecule is C=CCc1cc(/C=C2\SC(=O)N(CC(=O)Nc3cccc(C)c3C)C2=O)cc(OCC)c1OCc1ccccc1. The van der Waals surface area contributed by atoms with Crippen LogP contribution in [-0.4, -0.2) is 35.1 Å². The van der Waals surface area contributed by atoms with E-state index in [1.54, 1.807) is 24.3 Å². The summed E-state index contributed by atoms with van der Waals surface area (Å²) in [5.74, 6) is 0.193. The molecule has 1 heterocycles. The minimum atomic E-state index is -0.515. The maximum absolute atomic E-state index is 13.1. The van der Waals surface area contributed by atoms with Gasteiger partial charge in [-0.2, -0.15) is 0 Å².